The van der Waals surface area contributed by atoms with E-state index in [1.54, 1.807) is 12.1 Å². The van der Waals surface area contributed by atoms with E-state index in [4.69, 9.17) is 9.84 Å². The predicted octanol–water partition coefficient (Wildman–Crippen LogP) is 1.09. The molecule has 1 aromatic heterocycles. The number of carbonyl (C=O) groups excluding carboxylic acids is 1. The Labute approximate surface area is 114 Å². The van der Waals surface area contributed by atoms with Crippen LogP contribution < -0.4 is 0 Å². The summed E-state index contributed by atoms with van der Waals surface area (Å²) in [7, 11) is 0. The number of hydrogen-bond acceptors (Lipinski definition) is 3. The maximum absolute atomic E-state index is 12.4. The van der Waals surface area contributed by atoms with Gasteiger partial charge in [-0.25, -0.2) is 4.79 Å². The largest absolute Gasteiger partial charge is 0.479 e. The Balaban J connectivity index is 1.82. The number of ether oxygens (including phenoxy) is 1. The van der Waals surface area contributed by atoms with Crippen LogP contribution in [-0.4, -0.2) is 52.7 Å². The molecule has 2 heterocycles. The Bertz CT molecular complexity index is 664. The van der Waals surface area contributed by atoms with Crippen molar-refractivity contribution < 1.29 is 19.4 Å². The van der Waals surface area contributed by atoms with Gasteiger partial charge in [-0.3, -0.25) is 4.79 Å². The first-order valence-electron chi connectivity index (χ1n) is 6.36. The minimum absolute atomic E-state index is 0.0827. The molecule has 1 saturated heterocycles. The summed E-state index contributed by atoms with van der Waals surface area (Å²) in [6, 6.07) is 7.29. The highest BCUT2D eigenvalue weighted by molar-refractivity contribution is 5.98. The van der Waals surface area contributed by atoms with Gasteiger partial charge in [-0.2, -0.15) is 0 Å². The number of amides is 1. The summed E-state index contributed by atoms with van der Waals surface area (Å²) in [5, 5.41) is 9.91. The van der Waals surface area contributed by atoms with Crippen LogP contribution in [0.2, 0.25) is 0 Å². The standard InChI is InChI=1S/C14H14N2O4/c17-13(16-5-6-20-12(8-16)14(18)19)10-1-2-11-9(7-10)3-4-15-11/h1-4,7,12,15H,5-6,8H2,(H,18,19)/t12-/m0/s1. The van der Waals surface area contributed by atoms with Crippen LogP contribution in [0.15, 0.2) is 30.5 Å². The molecule has 1 aliphatic heterocycles. The zero-order chi connectivity index (χ0) is 14.1. The highest BCUT2D eigenvalue weighted by Gasteiger charge is 2.29. The molecule has 0 unspecified atom stereocenters. The first-order valence-corrected chi connectivity index (χ1v) is 6.36. The van der Waals surface area contributed by atoms with E-state index >= 15 is 0 Å². The topological polar surface area (TPSA) is 82.6 Å². The lowest BCUT2D eigenvalue weighted by Crippen LogP contribution is -2.48. The highest BCUT2D eigenvalue weighted by Crippen LogP contribution is 2.17. The maximum Gasteiger partial charge on any atom is 0.334 e. The molecule has 104 valence electrons. The molecular weight excluding hydrogens is 260 g/mol. The van der Waals surface area contributed by atoms with E-state index in [9.17, 15) is 9.59 Å². The minimum atomic E-state index is -1.04. The van der Waals surface area contributed by atoms with Crippen LogP contribution in [0.25, 0.3) is 10.9 Å². The molecule has 0 saturated carbocycles. The van der Waals surface area contributed by atoms with E-state index in [1.165, 1.54) is 4.90 Å². The molecule has 6 nitrogen and oxygen atoms in total. The van der Waals surface area contributed by atoms with Crippen LogP contribution in [0.3, 0.4) is 0 Å². The fraction of sp³-hybridized carbons (Fsp3) is 0.286. The van der Waals surface area contributed by atoms with Gasteiger partial charge < -0.3 is 19.7 Å². The second-order valence-electron chi connectivity index (χ2n) is 4.73. The van der Waals surface area contributed by atoms with Crippen molar-refractivity contribution in [1.82, 2.24) is 9.88 Å². The van der Waals surface area contributed by atoms with Crippen LogP contribution in [0.5, 0.6) is 0 Å². The fourth-order valence-electron chi connectivity index (χ4n) is 2.35. The van der Waals surface area contributed by atoms with Crippen LogP contribution >= 0.6 is 0 Å². The van der Waals surface area contributed by atoms with Gasteiger partial charge in [0.05, 0.1) is 13.2 Å². The lowest BCUT2D eigenvalue weighted by atomic mass is 10.1. The number of carboxylic acid groups (broad SMARTS) is 1. The molecule has 1 atom stereocenters. The fourth-order valence-corrected chi connectivity index (χ4v) is 2.35. The molecule has 0 radical (unpaired) electrons. The van der Waals surface area contributed by atoms with Gasteiger partial charge in [-0.15, -0.1) is 0 Å². The van der Waals surface area contributed by atoms with Crippen LogP contribution in [-0.2, 0) is 9.53 Å². The molecule has 0 bridgehead atoms. The number of benzene rings is 1. The number of aromatic nitrogens is 1. The minimum Gasteiger partial charge on any atom is -0.479 e. The number of hydrogen-bond donors (Lipinski definition) is 2. The Morgan fingerprint density at radius 3 is 3.00 bits per heavy atom. The summed E-state index contributed by atoms with van der Waals surface area (Å²) in [6.07, 6.45) is 0.873. The molecule has 2 N–H and O–H groups in total. The van der Waals surface area contributed by atoms with Gasteiger partial charge in [0.1, 0.15) is 0 Å². The van der Waals surface area contributed by atoms with Crippen molar-refractivity contribution in [2.75, 3.05) is 19.7 Å². The summed E-state index contributed by atoms with van der Waals surface area (Å²) in [6.45, 7) is 0.738. The van der Waals surface area contributed by atoms with E-state index in [1.807, 2.05) is 18.3 Å². The maximum atomic E-state index is 12.4. The average molecular weight is 274 g/mol. The Hall–Kier alpha value is -2.34. The van der Waals surface area contributed by atoms with Crippen molar-refractivity contribution in [2.45, 2.75) is 6.10 Å². The Morgan fingerprint density at radius 1 is 1.35 bits per heavy atom. The third-order valence-corrected chi connectivity index (χ3v) is 3.43. The van der Waals surface area contributed by atoms with E-state index in [-0.39, 0.29) is 19.1 Å². The normalized spacial score (nSPS) is 19.2. The molecule has 6 heteroatoms. The average Bonchev–Trinajstić information content (AvgIpc) is 2.94. The summed E-state index contributed by atoms with van der Waals surface area (Å²) >= 11 is 0. The van der Waals surface area contributed by atoms with Crippen molar-refractivity contribution in [3.05, 3.63) is 36.0 Å². The molecule has 1 aliphatic rings. The Morgan fingerprint density at radius 2 is 2.20 bits per heavy atom. The first kappa shape index (κ1) is 12.7. The molecule has 0 aliphatic carbocycles. The Kier molecular flexibility index (Phi) is 3.15. The monoisotopic (exact) mass is 274 g/mol. The van der Waals surface area contributed by atoms with Gasteiger partial charge in [0, 0.05) is 29.2 Å². The molecular formula is C14H14N2O4. The predicted molar refractivity (Wildman–Crippen MR) is 71.6 cm³/mol. The molecule has 2 aromatic rings. The number of aromatic amines is 1. The first-order chi connectivity index (χ1) is 9.65. The molecule has 20 heavy (non-hydrogen) atoms. The summed E-state index contributed by atoms with van der Waals surface area (Å²) in [5.74, 6) is -1.20. The third kappa shape index (κ3) is 2.25. The van der Waals surface area contributed by atoms with Gasteiger partial charge in [-0.05, 0) is 24.3 Å². The van der Waals surface area contributed by atoms with Crippen molar-refractivity contribution in [3.8, 4) is 0 Å². The van der Waals surface area contributed by atoms with Crippen LogP contribution in [0.1, 0.15) is 10.4 Å². The number of carbonyl (C=O) groups is 2. The quantitative estimate of drug-likeness (QED) is 0.859. The summed E-state index contributed by atoms with van der Waals surface area (Å²) in [5.41, 5.74) is 1.52. The van der Waals surface area contributed by atoms with Crippen molar-refractivity contribution in [1.29, 1.82) is 0 Å². The number of H-pyrrole nitrogens is 1. The molecule has 3 rings (SSSR count). The van der Waals surface area contributed by atoms with Gasteiger partial charge in [0.15, 0.2) is 6.10 Å². The summed E-state index contributed by atoms with van der Waals surface area (Å²) < 4.78 is 5.12. The lowest BCUT2D eigenvalue weighted by Gasteiger charge is -2.30. The van der Waals surface area contributed by atoms with Crippen LogP contribution in [0.4, 0.5) is 0 Å². The van der Waals surface area contributed by atoms with Gasteiger partial charge in [0.25, 0.3) is 5.91 Å². The zero-order valence-corrected chi connectivity index (χ0v) is 10.7. The number of carboxylic acids is 1. The number of aliphatic carboxylic acids is 1. The number of rotatable bonds is 2. The van der Waals surface area contributed by atoms with Gasteiger partial charge >= 0.3 is 5.97 Å². The van der Waals surface area contributed by atoms with Gasteiger partial charge in [0.2, 0.25) is 0 Å². The number of morpholine rings is 1. The van der Waals surface area contributed by atoms with Crippen LogP contribution in [0, 0.1) is 0 Å². The van der Waals surface area contributed by atoms with Crippen molar-refractivity contribution >= 4 is 22.8 Å². The van der Waals surface area contributed by atoms with E-state index in [0.29, 0.717) is 12.1 Å². The lowest BCUT2D eigenvalue weighted by molar-refractivity contribution is -0.154. The third-order valence-electron chi connectivity index (χ3n) is 3.43. The summed E-state index contributed by atoms with van der Waals surface area (Å²) in [4.78, 5) is 27.9. The zero-order valence-electron chi connectivity index (χ0n) is 10.7. The number of fused-ring (bicyclic) bond motifs is 1. The number of nitrogens with zero attached hydrogens (tertiary/aromatic N) is 1. The van der Waals surface area contributed by atoms with Gasteiger partial charge in [-0.1, -0.05) is 0 Å². The number of nitrogens with one attached hydrogen (secondary N) is 1. The van der Waals surface area contributed by atoms with Crippen molar-refractivity contribution in [2.24, 2.45) is 0 Å². The molecule has 1 aromatic carbocycles. The second kappa shape index (κ2) is 4.97. The van der Waals surface area contributed by atoms with E-state index < -0.39 is 12.1 Å². The molecule has 1 amide bonds. The second-order valence-corrected chi connectivity index (χ2v) is 4.73. The molecule has 1 fully saturated rings. The van der Waals surface area contributed by atoms with E-state index in [0.717, 1.165) is 10.9 Å². The van der Waals surface area contributed by atoms with E-state index in [2.05, 4.69) is 4.98 Å². The highest BCUT2D eigenvalue weighted by atomic mass is 16.5. The molecule has 0 spiro atoms. The smallest absolute Gasteiger partial charge is 0.334 e. The van der Waals surface area contributed by atoms with Crippen molar-refractivity contribution in [3.63, 3.8) is 0 Å². The SMILES string of the molecule is O=C(O)[C@@H]1CN(C(=O)c2ccc3[nH]ccc3c2)CCO1.